The first kappa shape index (κ1) is 16.9. The quantitative estimate of drug-likeness (QED) is 0.875. The number of benzene rings is 2. The van der Waals surface area contributed by atoms with Crippen LogP contribution in [0.5, 0.6) is 28.7 Å². The van der Waals surface area contributed by atoms with Crippen molar-refractivity contribution in [1.29, 1.82) is 0 Å². The highest BCUT2D eigenvalue weighted by Crippen LogP contribution is 2.43. The van der Waals surface area contributed by atoms with E-state index in [4.69, 9.17) is 18.9 Å². The van der Waals surface area contributed by atoms with E-state index in [2.05, 4.69) is 0 Å². The molecule has 1 heterocycles. The van der Waals surface area contributed by atoms with Gasteiger partial charge in [0.2, 0.25) is 5.78 Å². The predicted molar refractivity (Wildman–Crippen MR) is 87.9 cm³/mol. The Hall–Kier alpha value is -2.93. The highest BCUT2D eigenvalue weighted by atomic mass is 16.5. The van der Waals surface area contributed by atoms with Crippen molar-refractivity contribution in [2.24, 2.45) is 0 Å². The lowest BCUT2D eigenvalue weighted by Crippen LogP contribution is -2.36. The van der Waals surface area contributed by atoms with Gasteiger partial charge in [-0.15, -0.1) is 0 Å². The highest BCUT2D eigenvalue weighted by Gasteiger charge is 2.39. The largest absolute Gasteiger partial charge is 0.507 e. The first-order valence-corrected chi connectivity index (χ1v) is 7.52. The number of hydrogen-bond donors (Lipinski definition) is 2. The Balaban J connectivity index is 2.05. The second-order valence-electron chi connectivity index (χ2n) is 5.48. The van der Waals surface area contributed by atoms with Crippen molar-refractivity contribution in [3.63, 3.8) is 0 Å². The Labute approximate surface area is 144 Å². The minimum Gasteiger partial charge on any atom is -0.507 e. The maximum Gasteiger partial charge on any atom is 0.202 e. The van der Waals surface area contributed by atoms with Crippen LogP contribution < -0.4 is 18.9 Å². The van der Waals surface area contributed by atoms with Crippen molar-refractivity contribution in [3.8, 4) is 28.7 Å². The lowest BCUT2D eigenvalue weighted by atomic mass is 9.92. The minimum absolute atomic E-state index is 0.0648. The van der Waals surface area contributed by atoms with E-state index in [1.54, 1.807) is 18.2 Å². The topological polar surface area (TPSA) is 94.5 Å². The summed E-state index contributed by atoms with van der Waals surface area (Å²) in [5.41, 5.74) is 0.469. The molecule has 0 bridgehead atoms. The first-order chi connectivity index (χ1) is 12.0. The van der Waals surface area contributed by atoms with Gasteiger partial charge in [-0.2, -0.15) is 0 Å². The predicted octanol–water partition coefficient (Wildman–Crippen LogP) is 2.10. The summed E-state index contributed by atoms with van der Waals surface area (Å²) < 4.78 is 21.3. The number of phenolic OH excluding ortho intramolecular Hbond substituents is 1. The summed E-state index contributed by atoms with van der Waals surface area (Å²) in [5, 5.41) is 20.4. The fourth-order valence-corrected chi connectivity index (χ4v) is 2.80. The zero-order chi connectivity index (χ0) is 18.1. The van der Waals surface area contributed by atoms with Crippen LogP contribution in [0.2, 0.25) is 0 Å². The molecule has 1 aliphatic rings. The van der Waals surface area contributed by atoms with Gasteiger partial charge < -0.3 is 29.2 Å². The van der Waals surface area contributed by atoms with E-state index in [1.165, 1.54) is 33.5 Å². The fraction of sp³-hybridized carbons (Fsp3) is 0.278. The summed E-state index contributed by atoms with van der Waals surface area (Å²) in [6, 6.07) is 7.75. The van der Waals surface area contributed by atoms with E-state index in [0.717, 1.165) is 0 Å². The van der Waals surface area contributed by atoms with Crippen LogP contribution >= 0.6 is 0 Å². The average Bonchev–Trinajstić information content (AvgIpc) is 2.63. The molecule has 0 amide bonds. The second-order valence-corrected chi connectivity index (χ2v) is 5.48. The number of fused-ring (bicyclic) bond motifs is 1. The maximum absolute atomic E-state index is 12.5. The lowest BCUT2D eigenvalue weighted by molar-refractivity contribution is 0.0210. The molecule has 7 heteroatoms. The van der Waals surface area contributed by atoms with Crippen molar-refractivity contribution in [3.05, 3.63) is 41.5 Å². The van der Waals surface area contributed by atoms with E-state index < -0.39 is 18.0 Å². The van der Waals surface area contributed by atoms with E-state index in [0.29, 0.717) is 22.8 Å². The van der Waals surface area contributed by atoms with Gasteiger partial charge in [-0.3, -0.25) is 4.79 Å². The van der Waals surface area contributed by atoms with Gasteiger partial charge in [0.25, 0.3) is 0 Å². The fourth-order valence-electron chi connectivity index (χ4n) is 2.80. The summed E-state index contributed by atoms with van der Waals surface area (Å²) in [4.78, 5) is 12.5. The van der Waals surface area contributed by atoms with Crippen LogP contribution in [-0.2, 0) is 0 Å². The van der Waals surface area contributed by atoms with Crippen molar-refractivity contribution in [2.45, 2.75) is 12.2 Å². The Bertz CT molecular complexity index is 815. The summed E-state index contributed by atoms with van der Waals surface area (Å²) in [5.74, 6) is 0.522. The van der Waals surface area contributed by atoms with Gasteiger partial charge in [0.15, 0.2) is 23.7 Å². The number of aliphatic hydroxyl groups is 1. The van der Waals surface area contributed by atoms with Crippen LogP contribution in [0.4, 0.5) is 0 Å². The molecule has 132 valence electrons. The normalized spacial score (nSPS) is 19.0. The van der Waals surface area contributed by atoms with Crippen LogP contribution in [0.25, 0.3) is 0 Å². The molecular weight excluding hydrogens is 328 g/mol. The van der Waals surface area contributed by atoms with Gasteiger partial charge in [0.05, 0.1) is 21.3 Å². The number of aromatic hydroxyl groups is 1. The number of aliphatic hydroxyl groups excluding tert-OH is 1. The summed E-state index contributed by atoms with van der Waals surface area (Å²) in [6.07, 6.45) is -2.42. The highest BCUT2D eigenvalue weighted by molar-refractivity contribution is 6.05. The molecule has 2 atom stereocenters. The number of hydrogen-bond acceptors (Lipinski definition) is 7. The molecule has 0 radical (unpaired) electrons. The number of Topliss-reactive ketones (excluding diaryl/α,β-unsaturated/α-hetero) is 1. The van der Waals surface area contributed by atoms with Gasteiger partial charge >= 0.3 is 0 Å². The molecule has 0 saturated carbocycles. The number of ether oxygens (including phenoxy) is 4. The third kappa shape index (κ3) is 2.83. The van der Waals surface area contributed by atoms with Gasteiger partial charge in [-0.25, -0.2) is 0 Å². The van der Waals surface area contributed by atoms with Gasteiger partial charge in [-0.05, 0) is 17.7 Å². The lowest BCUT2D eigenvalue weighted by Gasteiger charge is -2.30. The zero-order valence-electron chi connectivity index (χ0n) is 14.0. The molecular formula is C18H18O7. The third-order valence-electron chi connectivity index (χ3n) is 4.08. The number of carbonyl (C=O) groups is 1. The summed E-state index contributed by atoms with van der Waals surface area (Å²) in [6.45, 7) is 0. The molecule has 2 unspecified atom stereocenters. The number of ketones is 1. The molecule has 3 rings (SSSR count). The van der Waals surface area contributed by atoms with Crippen LogP contribution in [0, 0.1) is 0 Å². The van der Waals surface area contributed by atoms with Gasteiger partial charge in [0.1, 0.15) is 22.8 Å². The Morgan fingerprint density at radius 2 is 1.72 bits per heavy atom. The minimum atomic E-state index is -1.47. The van der Waals surface area contributed by atoms with E-state index >= 15 is 0 Å². The smallest absolute Gasteiger partial charge is 0.202 e. The van der Waals surface area contributed by atoms with Crippen LogP contribution in [0.15, 0.2) is 30.3 Å². The van der Waals surface area contributed by atoms with Gasteiger partial charge in [-0.1, -0.05) is 6.07 Å². The molecule has 0 aromatic heterocycles. The van der Waals surface area contributed by atoms with Crippen LogP contribution in [-0.4, -0.2) is 43.4 Å². The van der Waals surface area contributed by atoms with Crippen molar-refractivity contribution in [1.82, 2.24) is 0 Å². The molecule has 1 aliphatic heterocycles. The summed E-state index contributed by atoms with van der Waals surface area (Å²) in [7, 11) is 4.44. The van der Waals surface area contributed by atoms with Crippen molar-refractivity contribution < 1.29 is 34.0 Å². The molecule has 7 nitrogen and oxygen atoms in total. The van der Waals surface area contributed by atoms with E-state index in [-0.39, 0.29) is 17.1 Å². The van der Waals surface area contributed by atoms with Crippen molar-refractivity contribution in [2.75, 3.05) is 21.3 Å². The second kappa shape index (κ2) is 6.52. The van der Waals surface area contributed by atoms with Crippen LogP contribution in [0.1, 0.15) is 22.0 Å². The molecule has 2 N–H and O–H groups in total. The molecule has 0 fully saturated rings. The van der Waals surface area contributed by atoms with Crippen molar-refractivity contribution >= 4 is 5.78 Å². The molecule has 0 saturated heterocycles. The van der Waals surface area contributed by atoms with Crippen LogP contribution in [0.3, 0.4) is 0 Å². The number of methoxy groups -OCH3 is 3. The third-order valence-corrected chi connectivity index (χ3v) is 4.08. The van der Waals surface area contributed by atoms with E-state index in [1.807, 2.05) is 0 Å². The molecule has 25 heavy (non-hydrogen) atoms. The summed E-state index contributed by atoms with van der Waals surface area (Å²) >= 11 is 0. The maximum atomic E-state index is 12.5. The Morgan fingerprint density at radius 1 is 1.00 bits per heavy atom. The van der Waals surface area contributed by atoms with E-state index in [9.17, 15) is 15.0 Å². The standard InChI is InChI=1S/C18H18O7/c1-22-10-7-11(19)15-14(8-10)25-18(17(21)16(15)20)9-4-5-12(23-2)13(6-9)24-3/h4-8,17-19,21H,1-3H3. The molecule has 2 aromatic rings. The molecule has 2 aromatic carbocycles. The SMILES string of the molecule is COc1cc(O)c2c(c1)OC(c1ccc(OC)c(OC)c1)C(O)C2=O. The Morgan fingerprint density at radius 3 is 2.36 bits per heavy atom. The average molecular weight is 346 g/mol. The molecule has 0 spiro atoms. The van der Waals surface area contributed by atoms with Gasteiger partial charge in [0, 0.05) is 12.1 Å². The number of phenols is 1. The Kier molecular flexibility index (Phi) is 4.41. The number of rotatable bonds is 4. The zero-order valence-corrected chi connectivity index (χ0v) is 14.0. The number of carbonyl (C=O) groups excluding carboxylic acids is 1. The first-order valence-electron chi connectivity index (χ1n) is 7.52. The monoisotopic (exact) mass is 346 g/mol. The molecule has 0 aliphatic carbocycles.